The van der Waals surface area contributed by atoms with E-state index in [1.54, 1.807) is 0 Å². The fourth-order valence-electron chi connectivity index (χ4n) is 8.77. The van der Waals surface area contributed by atoms with Crippen LogP contribution in [-0.4, -0.2) is 44.7 Å². The van der Waals surface area contributed by atoms with E-state index in [-0.39, 0.29) is 35.2 Å². The lowest BCUT2D eigenvalue weighted by Gasteiger charge is -2.63. The van der Waals surface area contributed by atoms with Crippen molar-refractivity contribution in [3.63, 3.8) is 0 Å². The van der Waals surface area contributed by atoms with Crippen molar-refractivity contribution in [1.82, 2.24) is 0 Å². The summed E-state index contributed by atoms with van der Waals surface area (Å²) in [7, 11) is 0. The summed E-state index contributed by atoms with van der Waals surface area (Å²) in [6, 6.07) is 0. The molecule has 0 saturated heterocycles. The molecule has 0 radical (unpaired) electrons. The molecule has 166 valence electrons. The second kappa shape index (κ2) is 7.49. The molecule has 0 heterocycles. The number of aliphatic carboxylic acids is 1. The van der Waals surface area contributed by atoms with Gasteiger partial charge >= 0.3 is 5.97 Å². The molecule has 0 aromatic carbocycles. The highest BCUT2D eigenvalue weighted by atomic mass is 16.4. The molecule has 5 nitrogen and oxygen atoms in total. The standard InChI is InChI=1S/C24H40O5/c1-13(4-7-19(26)27)15-5-6-16-20-17(9-11-23(15,16)2)24(3)10-8-14(25)12-18(24)21(28)22(20)29/h13-18,20-22,25,28-29H,4-12H2,1-3H3,(H,26,27)/t13-,14+,15+,16+,17+,18-,20+,21+,22-,23+,24+/m0/s1. The fourth-order valence-corrected chi connectivity index (χ4v) is 8.77. The predicted molar refractivity (Wildman–Crippen MR) is 110 cm³/mol. The maximum atomic E-state index is 11.3. The molecule has 4 rings (SSSR count). The van der Waals surface area contributed by atoms with Gasteiger partial charge < -0.3 is 20.4 Å². The summed E-state index contributed by atoms with van der Waals surface area (Å²) in [6.45, 7) is 6.89. The van der Waals surface area contributed by atoms with Gasteiger partial charge in [-0.15, -0.1) is 0 Å². The van der Waals surface area contributed by atoms with Crippen molar-refractivity contribution in [1.29, 1.82) is 0 Å². The topological polar surface area (TPSA) is 98.0 Å². The summed E-state index contributed by atoms with van der Waals surface area (Å²) in [5.74, 6) is 1.06. The van der Waals surface area contributed by atoms with E-state index in [0.717, 1.165) is 44.9 Å². The van der Waals surface area contributed by atoms with Crippen LogP contribution in [0.1, 0.15) is 78.6 Å². The largest absolute Gasteiger partial charge is 0.481 e. The molecule has 0 amide bonds. The number of carboxylic acids is 1. The molecular formula is C24H40O5. The lowest BCUT2D eigenvalue weighted by Crippen LogP contribution is -2.64. The summed E-state index contributed by atoms with van der Waals surface area (Å²) in [5, 5.41) is 41.7. The zero-order chi connectivity index (χ0) is 21.1. The van der Waals surface area contributed by atoms with Crippen molar-refractivity contribution in [2.75, 3.05) is 0 Å². The molecule has 29 heavy (non-hydrogen) atoms. The van der Waals surface area contributed by atoms with Crippen molar-refractivity contribution in [2.24, 2.45) is 46.3 Å². The van der Waals surface area contributed by atoms with Crippen LogP contribution in [0.3, 0.4) is 0 Å². The molecule has 0 aromatic rings. The third kappa shape index (κ3) is 3.27. The highest BCUT2D eigenvalue weighted by molar-refractivity contribution is 5.66. The van der Waals surface area contributed by atoms with Crippen LogP contribution in [0.25, 0.3) is 0 Å². The molecule has 4 saturated carbocycles. The van der Waals surface area contributed by atoms with Gasteiger partial charge in [0.2, 0.25) is 0 Å². The third-order valence-corrected chi connectivity index (χ3v) is 10.3. The maximum absolute atomic E-state index is 11.3. The minimum atomic E-state index is -0.748. The molecule has 0 unspecified atom stereocenters. The minimum absolute atomic E-state index is 0.00309. The van der Waals surface area contributed by atoms with Gasteiger partial charge in [0.15, 0.2) is 0 Å². The van der Waals surface area contributed by atoms with Gasteiger partial charge in [0, 0.05) is 6.42 Å². The van der Waals surface area contributed by atoms with Crippen LogP contribution in [0.15, 0.2) is 0 Å². The minimum Gasteiger partial charge on any atom is -0.481 e. The summed E-state index contributed by atoms with van der Waals surface area (Å²) in [4.78, 5) is 11.1. The van der Waals surface area contributed by atoms with Crippen LogP contribution in [0.2, 0.25) is 0 Å². The normalized spacial score (nSPS) is 52.9. The van der Waals surface area contributed by atoms with Crippen LogP contribution in [0.5, 0.6) is 0 Å². The summed E-state index contributed by atoms with van der Waals surface area (Å²) in [6.07, 6.45) is 5.87. The van der Waals surface area contributed by atoms with E-state index in [4.69, 9.17) is 5.11 Å². The Hall–Kier alpha value is -0.650. The molecule has 4 aliphatic carbocycles. The number of aliphatic hydroxyl groups is 3. The first kappa shape index (κ1) is 21.6. The number of hydrogen-bond donors (Lipinski definition) is 4. The molecule has 4 aliphatic rings. The molecule has 4 N–H and O–H groups in total. The van der Waals surface area contributed by atoms with Crippen LogP contribution in [0.4, 0.5) is 0 Å². The van der Waals surface area contributed by atoms with Gasteiger partial charge in [0.05, 0.1) is 18.3 Å². The van der Waals surface area contributed by atoms with Crippen LogP contribution in [0, 0.1) is 46.3 Å². The number of aliphatic hydroxyl groups excluding tert-OH is 3. The number of rotatable bonds is 4. The van der Waals surface area contributed by atoms with Crippen molar-refractivity contribution in [3.05, 3.63) is 0 Å². The first-order valence-corrected chi connectivity index (χ1v) is 11.9. The van der Waals surface area contributed by atoms with E-state index in [1.807, 2.05) is 0 Å². The van der Waals surface area contributed by atoms with E-state index in [1.165, 1.54) is 0 Å². The second-order valence-electron chi connectivity index (χ2n) is 11.5. The van der Waals surface area contributed by atoms with E-state index in [0.29, 0.717) is 30.1 Å². The maximum Gasteiger partial charge on any atom is 0.303 e. The quantitative estimate of drug-likeness (QED) is 0.571. The van der Waals surface area contributed by atoms with Gasteiger partial charge in [-0.2, -0.15) is 0 Å². The molecule has 0 bridgehead atoms. The molecule has 5 heteroatoms. The SMILES string of the molecule is C[C@@H](CCC(=O)O)[C@H]1CC[C@@H]2[C@H]3[C@H](O)[C@H](O)[C@@H]4C[C@H](O)CC[C@]4(C)[C@@H]3CC[C@@]21C. The lowest BCUT2D eigenvalue weighted by molar-refractivity contribution is -0.223. The van der Waals surface area contributed by atoms with E-state index in [9.17, 15) is 20.1 Å². The number of carboxylic acid groups (broad SMARTS) is 1. The highest BCUT2D eigenvalue weighted by Gasteiger charge is 2.65. The molecule has 0 spiro atoms. The number of hydrogen-bond acceptors (Lipinski definition) is 4. The Balaban J connectivity index is 1.59. The van der Waals surface area contributed by atoms with Gasteiger partial charge in [-0.3, -0.25) is 4.79 Å². The van der Waals surface area contributed by atoms with Crippen molar-refractivity contribution >= 4 is 5.97 Å². The zero-order valence-corrected chi connectivity index (χ0v) is 18.3. The lowest BCUT2D eigenvalue weighted by atomic mass is 9.43. The van der Waals surface area contributed by atoms with Gasteiger partial charge in [-0.1, -0.05) is 20.8 Å². The van der Waals surface area contributed by atoms with Crippen molar-refractivity contribution < 1.29 is 25.2 Å². The zero-order valence-electron chi connectivity index (χ0n) is 18.3. The Bertz CT molecular complexity index is 637. The Morgan fingerprint density at radius 3 is 2.28 bits per heavy atom. The first-order chi connectivity index (χ1) is 13.6. The molecular weight excluding hydrogens is 368 g/mol. The van der Waals surface area contributed by atoms with Crippen LogP contribution in [-0.2, 0) is 4.79 Å². The monoisotopic (exact) mass is 408 g/mol. The predicted octanol–water partition coefficient (Wildman–Crippen LogP) is 3.45. The Morgan fingerprint density at radius 1 is 0.931 bits per heavy atom. The average molecular weight is 409 g/mol. The van der Waals surface area contributed by atoms with E-state index >= 15 is 0 Å². The average Bonchev–Trinajstić information content (AvgIpc) is 3.02. The fraction of sp³-hybridized carbons (Fsp3) is 0.958. The Morgan fingerprint density at radius 2 is 1.59 bits per heavy atom. The molecule has 0 aromatic heterocycles. The van der Waals surface area contributed by atoms with E-state index < -0.39 is 18.2 Å². The third-order valence-electron chi connectivity index (χ3n) is 10.3. The van der Waals surface area contributed by atoms with Crippen molar-refractivity contribution in [3.8, 4) is 0 Å². The first-order valence-electron chi connectivity index (χ1n) is 11.9. The van der Waals surface area contributed by atoms with Gasteiger partial charge in [-0.05, 0) is 97.7 Å². The Kier molecular flexibility index (Phi) is 5.57. The Labute approximate surface area is 174 Å². The number of carbonyl (C=O) groups is 1. The summed E-state index contributed by atoms with van der Waals surface area (Å²) < 4.78 is 0. The summed E-state index contributed by atoms with van der Waals surface area (Å²) in [5.41, 5.74) is 0.119. The summed E-state index contributed by atoms with van der Waals surface area (Å²) >= 11 is 0. The van der Waals surface area contributed by atoms with Gasteiger partial charge in [0.1, 0.15) is 0 Å². The number of fused-ring (bicyclic) bond motifs is 5. The van der Waals surface area contributed by atoms with E-state index in [2.05, 4.69) is 20.8 Å². The molecule has 0 aliphatic heterocycles. The van der Waals surface area contributed by atoms with Crippen LogP contribution >= 0.6 is 0 Å². The van der Waals surface area contributed by atoms with Crippen LogP contribution < -0.4 is 0 Å². The smallest absolute Gasteiger partial charge is 0.303 e. The van der Waals surface area contributed by atoms with Crippen molar-refractivity contribution in [2.45, 2.75) is 96.9 Å². The molecule has 4 fully saturated rings. The van der Waals surface area contributed by atoms with Gasteiger partial charge in [-0.25, -0.2) is 0 Å². The second-order valence-corrected chi connectivity index (χ2v) is 11.5. The highest BCUT2D eigenvalue weighted by Crippen LogP contribution is 2.68. The van der Waals surface area contributed by atoms with Gasteiger partial charge in [0.25, 0.3) is 0 Å². The molecule has 11 atom stereocenters.